The van der Waals surface area contributed by atoms with Crippen LogP contribution < -0.4 is 4.72 Å². The third kappa shape index (κ3) is 4.70. The maximum absolute atomic E-state index is 12.4. The molecule has 1 atom stereocenters. The van der Waals surface area contributed by atoms with Gasteiger partial charge in [0.2, 0.25) is 15.9 Å². The van der Waals surface area contributed by atoms with Crippen LogP contribution in [0, 0.1) is 0 Å². The molecule has 0 aliphatic rings. The van der Waals surface area contributed by atoms with Crippen LogP contribution in [-0.2, 0) is 21.4 Å². The zero-order chi connectivity index (χ0) is 17.9. The second-order valence-corrected chi connectivity index (χ2v) is 8.55. The van der Waals surface area contributed by atoms with Crippen LogP contribution >= 0.6 is 34.5 Å². The molecular weight excluding hydrogens is 391 g/mol. The molecule has 0 aliphatic heterocycles. The molecular formula is C15H16Cl2N2O3S2. The van der Waals surface area contributed by atoms with Gasteiger partial charge in [-0.05, 0) is 47.5 Å². The number of carbonyl (C=O) groups excluding carboxylic acids is 1. The molecule has 2 aromatic rings. The van der Waals surface area contributed by atoms with Crippen molar-refractivity contribution in [3.63, 3.8) is 0 Å². The number of likely N-dealkylation sites (N-methyl/N-ethyl adjacent to an activating group) is 1. The zero-order valence-corrected chi connectivity index (χ0v) is 16.1. The summed E-state index contributed by atoms with van der Waals surface area (Å²) < 4.78 is 27.1. The molecule has 0 saturated heterocycles. The summed E-state index contributed by atoms with van der Waals surface area (Å²) in [7, 11) is -2.25. The molecule has 9 heteroatoms. The van der Waals surface area contributed by atoms with E-state index in [9.17, 15) is 13.2 Å². The molecule has 130 valence electrons. The number of hydrogen-bond acceptors (Lipinski definition) is 4. The van der Waals surface area contributed by atoms with Crippen LogP contribution in [0.15, 0.2) is 39.9 Å². The van der Waals surface area contributed by atoms with E-state index in [1.54, 1.807) is 7.05 Å². The standard InChI is InChI=1S/C15H16Cl2N2O3S2/c1-10(15(20)19(2)8-11-5-6-23-9-11)18-24(21,22)12-3-4-13(16)14(17)7-12/h3-7,9-10,18H,8H2,1-2H3. The highest BCUT2D eigenvalue weighted by Crippen LogP contribution is 2.24. The number of rotatable bonds is 6. The molecule has 1 heterocycles. The van der Waals surface area contributed by atoms with Crippen molar-refractivity contribution in [1.29, 1.82) is 0 Å². The van der Waals surface area contributed by atoms with Gasteiger partial charge in [0.1, 0.15) is 0 Å². The van der Waals surface area contributed by atoms with Gasteiger partial charge < -0.3 is 4.90 Å². The van der Waals surface area contributed by atoms with E-state index in [-0.39, 0.29) is 20.8 Å². The van der Waals surface area contributed by atoms with Crippen LogP contribution in [-0.4, -0.2) is 32.3 Å². The van der Waals surface area contributed by atoms with Gasteiger partial charge in [0.15, 0.2) is 0 Å². The van der Waals surface area contributed by atoms with Crippen LogP contribution in [0.25, 0.3) is 0 Å². The Morgan fingerprint density at radius 1 is 1.29 bits per heavy atom. The first-order valence-corrected chi connectivity index (χ1v) is 10.1. The number of thiophene rings is 1. The lowest BCUT2D eigenvalue weighted by Gasteiger charge is -2.21. The Labute approximate surface area is 155 Å². The highest BCUT2D eigenvalue weighted by atomic mass is 35.5. The van der Waals surface area contributed by atoms with Gasteiger partial charge in [-0.1, -0.05) is 23.2 Å². The quantitative estimate of drug-likeness (QED) is 0.799. The molecule has 1 aromatic carbocycles. The molecule has 0 aliphatic carbocycles. The summed E-state index contributed by atoms with van der Waals surface area (Å²) in [6.07, 6.45) is 0. The van der Waals surface area contributed by atoms with Crippen LogP contribution in [0.1, 0.15) is 12.5 Å². The summed E-state index contributed by atoms with van der Waals surface area (Å²) in [4.78, 5) is 13.8. The van der Waals surface area contributed by atoms with Gasteiger partial charge in [-0.15, -0.1) is 0 Å². The van der Waals surface area contributed by atoms with Crippen molar-refractivity contribution < 1.29 is 13.2 Å². The van der Waals surface area contributed by atoms with Crippen LogP contribution in [0.3, 0.4) is 0 Å². The molecule has 1 aromatic heterocycles. The molecule has 0 saturated carbocycles. The van der Waals surface area contributed by atoms with Gasteiger partial charge in [-0.25, -0.2) is 8.42 Å². The Bertz CT molecular complexity index is 823. The lowest BCUT2D eigenvalue weighted by atomic mass is 10.2. The van der Waals surface area contributed by atoms with Gasteiger partial charge >= 0.3 is 0 Å². The molecule has 1 amide bonds. The number of carbonyl (C=O) groups is 1. The van der Waals surface area contributed by atoms with Crippen molar-refractivity contribution >= 4 is 50.5 Å². The van der Waals surface area contributed by atoms with Crippen molar-refractivity contribution in [2.75, 3.05) is 7.05 Å². The maximum Gasteiger partial charge on any atom is 0.241 e. The van der Waals surface area contributed by atoms with Gasteiger partial charge in [-0.3, -0.25) is 4.79 Å². The summed E-state index contributed by atoms with van der Waals surface area (Å²) in [5.74, 6) is -0.329. The Balaban J connectivity index is 2.07. The van der Waals surface area contributed by atoms with Crippen molar-refractivity contribution in [3.8, 4) is 0 Å². The highest BCUT2D eigenvalue weighted by Gasteiger charge is 2.24. The second-order valence-electron chi connectivity index (χ2n) is 5.24. The normalized spacial score (nSPS) is 12.8. The van der Waals surface area contributed by atoms with Crippen molar-refractivity contribution in [1.82, 2.24) is 9.62 Å². The first-order valence-electron chi connectivity index (χ1n) is 6.94. The van der Waals surface area contributed by atoms with Gasteiger partial charge in [-0.2, -0.15) is 16.1 Å². The first kappa shape index (κ1) is 19.2. The Hall–Kier alpha value is -1.12. The highest BCUT2D eigenvalue weighted by molar-refractivity contribution is 7.89. The number of benzene rings is 1. The zero-order valence-electron chi connectivity index (χ0n) is 13.0. The van der Waals surface area contributed by atoms with E-state index < -0.39 is 16.1 Å². The van der Waals surface area contributed by atoms with E-state index in [0.29, 0.717) is 6.54 Å². The minimum absolute atomic E-state index is 0.0444. The number of amides is 1. The summed E-state index contributed by atoms with van der Waals surface area (Å²) >= 11 is 13.2. The topological polar surface area (TPSA) is 66.5 Å². The monoisotopic (exact) mass is 406 g/mol. The molecule has 1 N–H and O–H groups in total. The number of nitrogens with one attached hydrogen (secondary N) is 1. The predicted octanol–water partition coefficient (Wildman–Crippen LogP) is 3.38. The van der Waals surface area contributed by atoms with Crippen molar-refractivity contribution in [2.45, 2.75) is 24.4 Å². The molecule has 0 bridgehead atoms. The molecule has 1 unspecified atom stereocenters. The Morgan fingerprint density at radius 2 is 2.00 bits per heavy atom. The lowest BCUT2D eigenvalue weighted by molar-refractivity contribution is -0.131. The van der Waals surface area contributed by atoms with Crippen LogP contribution in [0.4, 0.5) is 0 Å². The molecule has 24 heavy (non-hydrogen) atoms. The molecule has 0 fully saturated rings. The fourth-order valence-electron chi connectivity index (χ4n) is 2.06. The third-order valence-corrected chi connectivity index (χ3v) is 6.29. The fourth-order valence-corrected chi connectivity index (χ4v) is 4.31. The molecule has 0 spiro atoms. The Kier molecular flexibility index (Phi) is 6.28. The van der Waals surface area contributed by atoms with Gasteiger partial charge in [0.05, 0.1) is 21.0 Å². The van der Waals surface area contributed by atoms with E-state index in [0.717, 1.165) is 5.56 Å². The van der Waals surface area contributed by atoms with Gasteiger partial charge in [0.25, 0.3) is 0 Å². The SMILES string of the molecule is CC(NS(=O)(=O)c1ccc(Cl)c(Cl)c1)C(=O)N(C)Cc1ccsc1. The van der Waals surface area contributed by atoms with E-state index in [2.05, 4.69) is 4.72 Å². The van der Waals surface area contributed by atoms with Gasteiger partial charge in [0, 0.05) is 13.6 Å². The average molecular weight is 407 g/mol. The van der Waals surface area contributed by atoms with E-state index in [4.69, 9.17) is 23.2 Å². The molecule has 2 rings (SSSR count). The smallest absolute Gasteiger partial charge is 0.241 e. The lowest BCUT2D eigenvalue weighted by Crippen LogP contribution is -2.45. The number of hydrogen-bond donors (Lipinski definition) is 1. The number of halogens is 2. The van der Waals surface area contributed by atoms with E-state index in [1.165, 1.54) is 41.4 Å². The van der Waals surface area contributed by atoms with E-state index >= 15 is 0 Å². The van der Waals surface area contributed by atoms with E-state index in [1.807, 2.05) is 16.8 Å². The number of nitrogens with zero attached hydrogens (tertiary/aromatic N) is 1. The summed E-state index contributed by atoms with van der Waals surface area (Å²) in [5, 5.41) is 4.25. The largest absolute Gasteiger partial charge is 0.340 e. The summed E-state index contributed by atoms with van der Waals surface area (Å²) in [6, 6.07) is 4.99. The fraction of sp³-hybridized carbons (Fsp3) is 0.267. The third-order valence-electron chi connectivity index (χ3n) is 3.28. The number of sulfonamides is 1. The van der Waals surface area contributed by atoms with Crippen LogP contribution in [0.2, 0.25) is 10.0 Å². The van der Waals surface area contributed by atoms with Crippen molar-refractivity contribution in [2.24, 2.45) is 0 Å². The van der Waals surface area contributed by atoms with Crippen molar-refractivity contribution in [3.05, 3.63) is 50.6 Å². The maximum atomic E-state index is 12.4. The minimum Gasteiger partial charge on any atom is -0.340 e. The second kappa shape index (κ2) is 7.84. The molecule has 5 nitrogen and oxygen atoms in total. The average Bonchev–Trinajstić information content (AvgIpc) is 3.01. The summed E-state index contributed by atoms with van der Waals surface area (Å²) in [5.41, 5.74) is 0.996. The predicted molar refractivity (Wildman–Crippen MR) is 97.0 cm³/mol. The minimum atomic E-state index is -3.88. The Morgan fingerprint density at radius 3 is 2.58 bits per heavy atom. The van der Waals surface area contributed by atoms with Crippen LogP contribution in [0.5, 0.6) is 0 Å². The molecule has 0 radical (unpaired) electrons. The first-order chi connectivity index (χ1) is 11.2. The summed E-state index contributed by atoms with van der Waals surface area (Å²) in [6.45, 7) is 1.92.